The summed E-state index contributed by atoms with van der Waals surface area (Å²) in [7, 11) is 1.66. The van der Waals surface area contributed by atoms with Crippen molar-refractivity contribution in [2.75, 3.05) is 26.9 Å². The van der Waals surface area contributed by atoms with Gasteiger partial charge in [0.25, 0.3) is 0 Å². The van der Waals surface area contributed by atoms with Crippen molar-refractivity contribution in [2.45, 2.75) is 37.1 Å². The van der Waals surface area contributed by atoms with Crippen LogP contribution < -0.4 is 10.6 Å². The molecule has 0 aliphatic carbocycles. The topological polar surface area (TPSA) is 72.0 Å². The minimum atomic E-state index is -0.591. The lowest BCUT2D eigenvalue weighted by atomic mass is 9.95. The number of hydrogen-bond acceptors (Lipinski definition) is 6. The molecule has 0 saturated carbocycles. The largest absolute Gasteiger partial charge is 0.390 e. The number of aliphatic hydroxyl groups is 1. The molecule has 0 unspecified atom stereocenters. The Kier molecular flexibility index (Phi) is 6.36. The summed E-state index contributed by atoms with van der Waals surface area (Å²) in [5.41, 5.74) is 3.56. The summed E-state index contributed by atoms with van der Waals surface area (Å²) in [6.07, 6.45) is -1.13. The fourth-order valence-corrected chi connectivity index (χ4v) is 3.90. The number of nitrogens with one attached hydrogen (secondary N) is 2. The van der Waals surface area contributed by atoms with Gasteiger partial charge < -0.3 is 30.0 Å². The molecular weight excluding hydrogens is 356 g/mol. The molecule has 0 amide bonds. The molecule has 5 atom stereocenters. The number of rotatable bonds is 8. The van der Waals surface area contributed by atoms with Crippen LogP contribution in [0.3, 0.4) is 0 Å². The van der Waals surface area contributed by atoms with E-state index in [-0.39, 0.29) is 18.2 Å². The Morgan fingerprint density at radius 1 is 1.00 bits per heavy atom. The van der Waals surface area contributed by atoms with E-state index >= 15 is 0 Å². The standard InChI is InChI=1S/C22H28N2O4/c1-26-12-11-23-20-21(25)19(18-14-27-22(20)28-18)24-13-15-7-9-17(10-8-15)16-5-3-2-4-6-16/h2-10,18-25H,11-14H2,1H3/t18-,19-,20-,21-,22-/m1/s1. The number of hydrogen-bond donors (Lipinski definition) is 3. The number of methoxy groups -OCH3 is 1. The first-order chi connectivity index (χ1) is 13.8. The first-order valence-corrected chi connectivity index (χ1v) is 9.81. The highest BCUT2D eigenvalue weighted by Crippen LogP contribution is 2.28. The number of benzene rings is 2. The molecule has 2 bridgehead atoms. The molecule has 4 rings (SSSR count). The fourth-order valence-electron chi connectivity index (χ4n) is 3.90. The molecule has 2 fully saturated rings. The third-order valence-electron chi connectivity index (χ3n) is 5.45. The minimum Gasteiger partial charge on any atom is -0.390 e. The van der Waals surface area contributed by atoms with Crippen molar-refractivity contribution in [3.05, 3.63) is 60.2 Å². The van der Waals surface area contributed by atoms with Gasteiger partial charge in [-0.15, -0.1) is 0 Å². The van der Waals surface area contributed by atoms with Crippen molar-refractivity contribution in [2.24, 2.45) is 0 Å². The van der Waals surface area contributed by atoms with Crippen molar-refractivity contribution in [3.8, 4) is 11.1 Å². The maximum atomic E-state index is 10.9. The van der Waals surface area contributed by atoms with Gasteiger partial charge in [-0.25, -0.2) is 0 Å². The van der Waals surface area contributed by atoms with Crippen LogP contribution in [0.4, 0.5) is 0 Å². The summed E-state index contributed by atoms with van der Waals surface area (Å²) in [6.45, 7) is 2.37. The van der Waals surface area contributed by atoms with Crippen LogP contribution >= 0.6 is 0 Å². The molecule has 2 saturated heterocycles. The van der Waals surface area contributed by atoms with Gasteiger partial charge in [0, 0.05) is 20.2 Å². The third kappa shape index (κ3) is 4.27. The highest BCUT2D eigenvalue weighted by molar-refractivity contribution is 5.63. The Morgan fingerprint density at radius 3 is 2.50 bits per heavy atom. The molecule has 2 aliphatic rings. The Hall–Kier alpha value is -1.80. The van der Waals surface area contributed by atoms with Gasteiger partial charge in [0.1, 0.15) is 6.10 Å². The van der Waals surface area contributed by atoms with Crippen LogP contribution in [0.1, 0.15) is 5.56 Å². The maximum Gasteiger partial charge on any atom is 0.176 e. The highest BCUT2D eigenvalue weighted by atomic mass is 16.7. The van der Waals surface area contributed by atoms with Crippen LogP contribution in [-0.4, -0.2) is 62.6 Å². The number of ether oxygens (including phenoxy) is 3. The van der Waals surface area contributed by atoms with E-state index in [0.29, 0.717) is 26.3 Å². The van der Waals surface area contributed by atoms with E-state index in [1.165, 1.54) is 11.1 Å². The molecule has 0 spiro atoms. The molecule has 2 heterocycles. The number of aliphatic hydroxyl groups excluding tert-OH is 1. The van der Waals surface area contributed by atoms with Gasteiger partial charge >= 0.3 is 0 Å². The maximum absolute atomic E-state index is 10.9. The summed E-state index contributed by atoms with van der Waals surface area (Å²) < 4.78 is 16.7. The SMILES string of the molecule is COCCN[C@H]1[C@@H]2OC[C@@H](O2)[C@@H](NCc2ccc(-c3ccccc3)cc2)[C@H]1O. The summed E-state index contributed by atoms with van der Waals surface area (Å²) in [4.78, 5) is 0. The molecule has 2 aromatic carbocycles. The lowest BCUT2D eigenvalue weighted by molar-refractivity contribution is -0.153. The van der Waals surface area contributed by atoms with Crippen LogP contribution in [0.2, 0.25) is 0 Å². The van der Waals surface area contributed by atoms with Crippen molar-refractivity contribution in [1.29, 1.82) is 0 Å². The summed E-state index contributed by atoms with van der Waals surface area (Å²) in [5.74, 6) is 0. The normalized spacial score (nSPS) is 29.1. The fraction of sp³-hybridized carbons (Fsp3) is 0.455. The van der Waals surface area contributed by atoms with Gasteiger partial charge in [0.15, 0.2) is 6.29 Å². The molecule has 2 aliphatic heterocycles. The second-order valence-electron chi connectivity index (χ2n) is 7.31. The Labute approximate surface area is 165 Å². The van der Waals surface area contributed by atoms with Gasteiger partial charge in [0.2, 0.25) is 0 Å². The third-order valence-corrected chi connectivity index (χ3v) is 5.45. The summed E-state index contributed by atoms with van der Waals surface area (Å²) in [5, 5.41) is 17.6. The van der Waals surface area contributed by atoms with Crippen LogP contribution in [0, 0.1) is 0 Å². The molecule has 28 heavy (non-hydrogen) atoms. The average Bonchev–Trinajstić information content (AvgIpc) is 3.17. The van der Waals surface area contributed by atoms with E-state index in [1.54, 1.807) is 7.11 Å². The van der Waals surface area contributed by atoms with Gasteiger partial charge in [0.05, 0.1) is 31.4 Å². The smallest absolute Gasteiger partial charge is 0.176 e. The second-order valence-corrected chi connectivity index (χ2v) is 7.31. The molecule has 2 aromatic rings. The Bertz CT molecular complexity index is 740. The predicted octanol–water partition coefficient (Wildman–Crippen LogP) is 1.53. The van der Waals surface area contributed by atoms with E-state index in [4.69, 9.17) is 14.2 Å². The summed E-state index contributed by atoms with van der Waals surface area (Å²) in [6, 6.07) is 18.4. The minimum absolute atomic E-state index is 0.135. The lowest BCUT2D eigenvalue weighted by Gasteiger charge is -2.39. The molecule has 150 valence electrons. The van der Waals surface area contributed by atoms with E-state index in [9.17, 15) is 5.11 Å². The van der Waals surface area contributed by atoms with Gasteiger partial charge in [-0.1, -0.05) is 54.6 Å². The zero-order chi connectivity index (χ0) is 19.3. The molecule has 6 heteroatoms. The zero-order valence-electron chi connectivity index (χ0n) is 16.1. The molecule has 0 aromatic heterocycles. The van der Waals surface area contributed by atoms with Crippen molar-refractivity contribution in [3.63, 3.8) is 0 Å². The number of fused-ring (bicyclic) bond motifs is 2. The predicted molar refractivity (Wildman–Crippen MR) is 107 cm³/mol. The van der Waals surface area contributed by atoms with Crippen LogP contribution in [0.25, 0.3) is 11.1 Å². The van der Waals surface area contributed by atoms with Gasteiger partial charge in [-0.3, -0.25) is 0 Å². The van der Waals surface area contributed by atoms with Crippen molar-refractivity contribution >= 4 is 0 Å². The zero-order valence-corrected chi connectivity index (χ0v) is 16.1. The van der Waals surface area contributed by atoms with Crippen LogP contribution in [0.15, 0.2) is 54.6 Å². The first-order valence-electron chi connectivity index (χ1n) is 9.81. The first kappa shape index (κ1) is 19.5. The molecule has 6 nitrogen and oxygen atoms in total. The monoisotopic (exact) mass is 384 g/mol. The molecule has 0 radical (unpaired) electrons. The van der Waals surface area contributed by atoms with E-state index in [0.717, 1.165) is 5.56 Å². The average molecular weight is 384 g/mol. The molecular formula is C22H28N2O4. The lowest BCUT2D eigenvalue weighted by Crippen LogP contribution is -2.63. The van der Waals surface area contributed by atoms with Crippen LogP contribution in [0.5, 0.6) is 0 Å². The van der Waals surface area contributed by atoms with Crippen LogP contribution in [-0.2, 0) is 20.8 Å². The Balaban J connectivity index is 1.37. The van der Waals surface area contributed by atoms with E-state index in [1.807, 2.05) is 18.2 Å². The van der Waals surface area contributed by atoms with E-state index in [2.05, 4.69) is 47.0 Å². The molecule has 3 N–H and O–H groups in total. The van der Waals surface area contributed by atoms with Gasteiger partial charge in [-0.2, -0.15) is 0 Å². The van der Waals surface area contributed by atoms with E-state index < -0.39 is 12.4 Å². The quantitative estimate of drug-likeness (QED) is 0.600. The summed E-state index contributed by atoms with van der Waals surface area (Å²) >= 11 is 0. The Morgan fingerprint density at radius 2 is 1.75 bits per heavy atom. The van der Waals surface area contributed by atoms with Gasteiger partial charge in [-0.05, 0) is 16.7 Å². The highest BCUT2D eigenvalue weighted by Gasteiger charge is 2.49. The van der Waals surface area contributed by atoms with Crippen molar-refractivity contribution in [1.82, 2.24) is 10.6 Å². The second kappa shape index (κ2) is 9.13. The van der Waals surface area contributed by atoms with Crippen molar-refractivity contribution < 1.29 is 19.3 Å².